The van der Waals surface area contributed by atoms with Crippen molar-refractivity contribution < 1.29 is 4.74 Å². The van der Waals surface area contributed by atoms with Crippen molar-refractivity contribution in [1.29, 1.82) is 0 Å². The van der Waals surface area contributed by atoms with E-state index < -0.39 is 0 Å². The van der Waals surface area contributed by atoms with Crippen molar-refractivity contribution >= 4 is 22.9 Å². The van der Waals surface area contributed by atoms with Crippen molar-refractivity contribution in [2.45, 2.75) is 20.1 Å². The molecule has 3 aromatic rings. The molecule has 0 saturated carbocycles. The molecule has 0 saturated heterocycles. The number of nitrogens with one attached hydrogen (secondary N) is 1. The van der Waals surface area contributed by atoms with Gasteiger partial charge in [0.05, 0.1) is 5.69 Å². The number of hydrogen-bond acceptors (Lipinski definition) is 4. The minimum absolute atomic E-state index is 0.518. The van der Waals surface area contributed by atoms with Gasteiger partial charge in [0.15, 0.2) is 0 Å². The summed E-state index contributed by atoms with van der Waals surface area (Å²) in [7, 11) is 1.92. The Morgan fingerprint density at radius 2 is 2.00 bits per heavy atom. The molecule has 24 heavy (non-hydrogen) atoms. The predicted molar refractivity (Wildman–Crippen MR) is 101 cm³/mol. The Labute approximate surface area is 151 Å². The summed E-state index contributed by atoms with van der Waals surface area (Å²) < 4.78 is 6.12. The Kier molecular flexibility index (Phi) is 5.51. The smallest absolute Gasteiger partial charge is 0.132 e. The molecular formula is C19H19ClN2OS. The highest BCUT2D eigenvalue weighted by atomic mass is 35.5. The normalized spacial score (nSPS) is 10.8. The van der Waals surface area contributed by atoms with Crippen molar-refractivity contribution in [2.75, 3.05) is 7.05 Å². The quantitative estimate of drug-likeness (QED) is 0.668. The Morgan fingerprint density at radius 1 is 1.21 bits per heavy atom. The summed E-state index contributed by atoms with van der Waals surface area (Å²) in [5.74, 6) is 0.838. The number of aryl methyl sites for hydroxylation is 1. The van der Waals surface area contributed by atoms with E-state index in [1.54, 1.807) is 11.3 Å². The number of halogens is 1. The molecule has 0 spiro atoms. The third-order valence-electron chi connectivity index (χ3n) is 3.62. The minimum atomic E-state index is 0.518. The van der Waals surface area contributed by atoms with E-state index in [-0.39, 0.29) is 0 Å². The second-order valence-electron chi connectivity index (χ2n) is 5.53. The van der Waals surface area contributed by atoms with Crippen LogP contribution in [0.1, 0.15) is 16.1 Å². The van der Waals surface area contributed by atoms with Gasteiger partial charge in [0.2, 0.25) is 0 Å². The number of benzene rings is 2. The molecule has 2 aromatic carbocycles. The van der Waals surface area contributed by atoms with Crippen LogP contribution in [0, 0.1) is 6.92 Å². The number of hydrogen-bond donors (Lipinski definition) is 1. The summed E-state index contributed by atoms with van der Waals surface area (Å²) in [5, 5.41) is 6.91. The minimum Gasteiger partial charge on any atom is -0.488 e. The lowest BCUT2D eigenvalue weighted by atomic mass is 10.1. The lowest BCUT2D eigenvalue weighted by Crippen LogP contribution is -2.04. The van der Waals surface area contributed by atoms with Crippen LogP contribution < -0.4 is 10.1 Å². The zero-order chi connectivity index (χ0) is 16.9. The van der Waals surface area contributed by atoms with E-state index >= 15 is 0 Å². The van der Waals surface area contributed by atoms with Crippen molar-refractivity contribution in [3.63, 3.8) is 0 Å². The fraction of sp³-hybridized carbons (Fsp3) is 0.211. The molecule has 0 atom stereocenters. The number of nitrogens with zero attached hydrogens (tertiary/aromatic N) is 1. The zero-order valence-electron chi connectivity index (χ0n) is 13.7. The van der Waals surface area contributed by atoms with Gasteiger partial charge >= 0.3 is 0 Å². The first-order valence-corrected chi connectivity index (χ1v) is 8.99. The maximum absolute atomic E-state index is 6.26. The fourth-order valence-electron chi connectivity index (χ4n) is 2.51. The van der Waals surface area contributed by atoms with E-state index in [1.807, 2.05) is 49.7 Å². The standard InChI is InChI=1S/C19H19ClN2OS/c1-13-8-15(20)9-16(17-12-24-18(22-17)10-21-2)19(13)23-11-14-6-4-3-5-7-14/h3-9,12,21H,10-11H2,1-2H3. The molecular weight excluding hydrogens is 340 g/mol. The summed E-state index contributed by atoms with van der Waals surface area (Å²) >= 11 is 7.90. The van der Waals surface area contributed by atoms with E-state index in [2.05, 4.69) is 22.4 Å². The van der Waals surface area contributed by atoms with E-state index in [1.165, 1.54) is 0 Å². The summed E-state index contributed by atoms with van der Waals surface area (Å²) in [4.78, 5) is 4.69. The Balaban J connectivity index is 1.92. The van der Waals surface area contributed by atoms with Crippen molar-refractivity contribution in [3.05, 3.63) is 69.0 Å². The van der Waals surface area contributed by atoms with Crippen LogP contribution in [-0.2, 0) is 13.2 Å². The molecule has 5 heteroatoms. The van der Waals surface area contributed by atoms with Crippen molar-refractivity contribution in [3.8, 4) is 17.0 Å². The monoisotopic (exact) mass is 358 g/mol. The molecule has 0 amide bonds. The van der Waals surface area contributed by atoms with Gasteiger partial charge < -0.3 is 10.1 Å². The van der Waals surface area contributed by atoms with E-state index in [0.29, 0.717) is 11.6 Å². The maximum Gasteiger partial charge on any atom is 0.132 e. The highest BCUT2D eigenvalue weighted by Gasteiger charge is 2.14. The van der Waals surface area contributed by atoms with Crippen LogP contribution in [0.3, 0.4) is 0 Å². The molecule has 1 aromatic heterocycles. The molecule has 0 unspecified atom stereocenters. The molecule has 1 heterocycles. The van der Waals surface area contributed by atoms with E-state index in [9.17, 15) is 0 Å². The predicted octanol–water partition coefficient (Wildman–Crippen LogP) is 5.07. The lowest BCUT2D eigenvalue weighted by molar-refractivity contribution is 0.305. The molecule has 0 radical (unpaired) electrons. The van der Waals surface area contributed by atoms with Gasteiger partial charge in [-0.05, 0) is 37.2 Å². The molecule has 0 aliphatic heterocycles. The van der Waals surface area contributed by atoms with Crippen LogP contribution in [0.25, 0.3) is 11.3 Å². The van der Waals surface area contributed by atoms with Crippen LogP contribution in [0.4, 0.5) is 0 Å². The summed E-state index contributed by atoms with van der Waals surface area (Å²) in [6.07, 6.45) is 0. The van der Waals surface area contributed by atoms with Gasteiger partial charge in [-0.2, -0.15) is 0 Å². The number of rotatable bonds is 6. The first kappa shape index (κ1) is 17.0. The Hall–Kier alpha value is -1.88. The average Bonchev–Trinajstić information content (AvgIpc) is 3.03. The third kappa shape index (κ3) is 3.96. The summed E-state index contributed by atoms with van der Waals surface area (Å²) in [6, 6.07) is 14.0. The Bertz CT molecular complexity index is 817. The second-order valence-corrected chi connectivity index (χ2v) is 6.91. The van der Waals surface area contributed by atoms with Crippen LogP contribution >= 0.6 is 22.9 Å². The van der Waals surface area contributed by atoms with Gasteiger partial charge in [-0.25, -0.2) is 4.98 Å². The SMILES string of the molecule is CNCc1nc(-c2cc(Cl)cc(C)c2OCc2ccccc2)cs1. The molecule has 3 nitrogen and oxygen atoms in total. The molecule has 1 N–H and O–H groups in total. The summed E-state index contributed by atoms with van der Waals surface area (Å²) in [5.41, 5.74) is 3.98. The van der Waals surface area contributed by atoms with E-state index in [4.69, 9.17) is 16.3 Å². The molecule has 124 valence electrons. The van der Waals surface area contributed by atoms with Gasteiger partial charge in [0, 0.05) is 22.5 Å². The van der Waals surface area contributed by atoms with Crippen molar-refractivity contribution in [1.82, 2.24) is 10.3 Å². The largest absolute Gasteiger partial charge is 0.488 e. The zero-order valence-corrected chi connectivity index (χ0v) is 15.2. The molecule has 0 bridgehead atoms. The van der Waals surface area contributed by atoms with Gasteiger partial charge in [0.25, 0.3) is 0 Å². The second kappa shape index (κ2) is 7.79. The third-order valence-corrected chi connectivity index (χ3v) is 4.69. The van der Waals surface area contributed by atoms with Crippen LogP contribution in [0.5, 0.6) is 5.75 Å². The highest BCUT2D eigenvalue weighted by molar-refractivity contribution is 7.09. The molecule has 0 aliphatic rings. The van der Waals surface area contributed by atoms with Crippen LogP contribution in [-0.4, -0.2) is 12.0 Å². The maximum atomic E-state index is 6.26. The Morgan fingerprint density at radius 3 is 2.75 bits per heavy atom. The van der Waals surface area contributed by atoms with Crippen LogP contribution in [0.15, 0.2) is 47.8 Å². The van der Waals surface area contributed by atoms with Gasteiger partial charge in [0.1, 0.15) is 17.4 Å². The topological polar surface area (TPSA) is 34.2 Å². The molecule has 3 rings (SSSR count). The average molecular weight is 359 g/mol. The van der Waals surface area contributed by atoms with Gasteiger partial charge in [-0.1, -0.05) is 41.9 Å². The van der Waals surface area contributed by atoms with Crippen LogP contribution in [0.2, 0.25) is 5.02 Å². The molecule has 0 aliphatic carbocycles. The fourth-order valence-corrected chi connectivity index (χ4v) is 3.59. The van der Waals surface area contributed by atoms with Crippen molar-refractivity contribution in [2.24, 2.45) is 0 Å². The first-order chi connectivity index (χ1) is 11.7. The number of ether oxygens (including phenoxy) is 1. The molecule has 0 fully saturated rings. The van der Waals surface area contributed by atoms with Gasteiger partial charge in [-0.15, -0.1) is 11.3 Å². The first-order valence-electron chi connectivity index (χ1n) is 7.73. The van der Waals surface area contributed by atoms with Gasteiger partial charge in [-0.3, -0.25) is 0 Å². The summed E-state index contributed by atoms with van der Waals surface area (Å²) in [6.45, 7) is 3.28. The van der Waals surface area contributed by atoms with E-state index in [0.717, 1.165) is 39.7 Å². The number of aromatic nitrogens is 1. The highest BCUT2D eigenvalue weighted by Crippen LogP contribution is 2.36. The number of thiazole rings is 1. The lowest BCUT2D eigenvalue weighted by Gasteiger charge is -2.14.